The van der Waals surface area contributed by atoms with Gasteiger partial charge in [-0.1, -0.05) is 6.08 Å². The van der Waals surface area contributed by atoms with Gasteiger partial charge >= 0.3 is 0 Å². The van der Waals surface area contributed by atoms with Gasteiger partial charge in [-0.25, -0.2) is 4.98 Å². The average molecular weight is 264 g/mol. The Morgan fingerprint density at radius 2 is 2.33 bits per heavy atom. The van der Waals surface area contributed by atoms with Crippen molar-refractivity contribution in [1.82, 2.24) is 9.88 Å². The number of aromatic nitrogens is 1. The Morgan fingerprint density at radius 3 is 2.89 bits per heavy atom. The van der Waals surface area contributed by atoms with Crippen LogP contribution in [0, 0.1) is 6.92 Å². The van der Waals surface area contributed by atoms with E-state index in [9.17, 15) is 4.79 Å². The number of piperidine rings is 1. The Kier molecular flexibility index (Phi) is 4.53. The van der Waals surface area contributed by atoms with Gasteiger partial charge in [0.05, 0.1) is 5.01 Å². The molecule has 98 valence electrons. The Morgan fingerprint density at radius 1 is 1.61 bits per heavy atom. The number of hydrogen-bond acceptors (Lipinski definition) is 3. The highest BCUT2D eigenvalue weighted by Gasteiger charge is 2.24. The lowest BCUT2D eigenvalue weighted by Crippen LogP contribution is -2.37. The largest absolute Gasteiger partial charge is 0.343 e. The van der Waals surface area contributed by atoms with Crippen LogP contribution in [-0.4, -0.2) is 28.9 Å². The number of carbonyl (C=O) groups excluding carboxylic acids is 1. The third kappa shape index (κ3) is 3.19. The van der Waals surface area contributed by atoms with Gasteiger partial charge in [0.2, 0.25) is 5.91 Å². The van der Waals surface area contributed by atoms with Gasteiger partial charge in [-0.05, 0) is 26.2 Å². The van der Waals surface area contributed by atoms with E-state index < -0.39 is 0 Å². The molecule has 4 heteroatoms. The molecule has 1 amide bonds. The molecule has 2 rings (SSSR count). The highest BCUT2D eigenvalue weighted by molar-refractivity contribution is 7.11. The Balaban J connectivity index is 1.84. The maximum absolute atomic E-state index is 11.9. The molecule has 0 spiro atoms. The number of thiazole rings is 1. The van der Waals surface area contributed by atoms with Crippen LogP contribution in [-0.2, 0) is 4.79 Å². The SMILES string of the molecule is C=CCCC(=O)N1CCC(c2ncc(C)s2)CC1. The van der Waals surface area contributed by atoms with Gasteiger partial charge in [0.25, 0.3) is 0 Å². The monoisotopic (exact) mass is 264 g/mol. The lowest BCUT2D eigenvalue weighted by atomic mass is 9.97. The second-order valence-electron chi connectivity index (χ2n) is 4.79. The van der Waals surface area contributed by atoms with Crippen molar-refractivity contribution < 1.29 is 4.79 Å². The van der Waals surface area contributed by atoms with Crippen LogP contribution in [0.3, 0.4) is 0 Å². The molecule has 1 aromatic heterocycles. The predicted octanol–water partition coefficient (Wildman–Crippen LogP) is 3.12. The summed E-state index contributed by atoms with van der Waals surface area (Å²) < 4.78 is 0. The van der Waals surface area contributed by atoms with Gasteiger partial charge in [-0.2, -0.15) is 0 Å². The molecule has 0 bridgehead atoms. The Hall–Kier alpha value is -1.16. The van der Waals surface area contributed by atoms with Gasteiger partial charge in [0.15, 0.2) is 0 Å². The van der Waals surface area contributed by atoms with E-state index in [1.807, 2.05) is 17.2 Å². The third-order valence-corrected chi connectivity index (χ3v) is 4.47. The zero-order chi connectivity index (χ0) is 13.0. The molecule has 0 aliphatic carbocycles. The van der Waals surface area contributed by atoms with E-state index in [2.05, 4.69) is 18.5 Å². The normalized spacial score (nSPS) is 16.8. The van der Waals surface area contributed by atoms with Gasteiger partial charge in [0, 0.05) is 36.5 Å². The molecule has 1 aliphatic rings. The van der Waals surface area contributed by atoms with Crippen LogP contribution in [0.5, 0.6) is 0 Å². The molecule has 1 fully saturated rings. The van der Waals surface area contributed by atoms with E-state index in [0.29, 0.717) is 12.3 Å². The zero-order valence-corrected chi connectivity index (χ0v) is 11.7. The van der Waals surface area contributed by atoms with Crippen molar-refractivity contribution in [2.75, 3.05) is 13.1 Å². The Bertz CT molecular complexity index is 419. The maximum atomic E-state index is 11.9. The Labute approximate surface area is 113 Å². The standard InChI is InChI=1S/C14H20N2OS/c1-3-4-5-13(17)16-8-6-12(7-9-16)14-15-10-11(2)18-14/h3,10,12H,1,4-9H2,2H3. The molecule has 1 aromatic rings. The van der Waals surface area contributed by atoms with Crippen molar-refractivity contribution in [1.29, 1.82) is 0 Å². The number of allylic oxidation sites excluding steroid dienone is 1. The number of aryl methyl sites for hydroxylation is 1. The minimum absolute atomic E-state index is 0.267. The van der Waals surface area contributed by atoms with Crippen molar-refractivity contribution in [3.8, 4) is 0 Å². The number of nitrogens with zero attached hydrogens (tertiary/aromatic N) is 2. The number of likely N-dealkylation sites (tertiary alicyclic amines) is 1. The quantitative estimate of drug-likeness (QED) is 0.783. The topological polar surface area (TPSA) is 33.2 Å². The van der Waals surface area contributed by atoms with E-state index in [1.165, 1.54) is 9.88 Å². The van der Waals surface area contributed by atoms with Crippen LogP contribution in [0.1, 0.15) is 41.5 Å². The smallest absolute Gasteiger partial charge is 0.222 e. The molecule has 0 atom stereocenters. The second-order valence-corrected chi connectivity index (χ2v) is 6.06. The second kappa shape index (κ2) is 6.14. The molecule has 0 radical (unpaired) electrons. The van der Waals surface area contributed by atoms with Crippen molar-refractivity contribution in [3.63, 3.8) is 0 Å². The summed E-state index contributed by atoms with van der Waals surface area (Å²) in [6, 6.07) is 0. The number of rotatable bonds is 4. The fraction of sp³-hybridized carbons (Fsp3) is 0.571. The third-order valence-electron chi connectivity index (χ3n) is 3.40. The molecule has 0 saturated carbocycles. The van der Waals surface area contributed by atoms with E-state index in [-0.39, 0.29) is 5.91 Å². The molecular formula is C14H20N2OS. The molecule has 1 saturated heterocycles. The summed E-state index contributed by atoms with van der Waals surface area (Å²) >= 11 is 1.79. The highest BCUT2D eigenvalue weighted by Crippen LogP contribution is 2.30. The first kappa shape index (κ1) is 13.3. The minimum Gasteiger partial charge on any atom is -0.343 e. The summed E-state index contributed by atoms with van der Waals surface area (Å²) in [5.41, 5.74) is 0. The van der Waals surface area contributed by atoms with Crippen molar-refractivity contribution in [2.45, 2.75) is 38.5 Å². The fourth-order valence-electron chi connectivity index (χ4n) is 2.32. The van der Waals surface area contributed by atoms with Crippen LogP contribution < -0.4 is 0 Å². The fourth-order valence-corrected chi connectivity index (χ4v) is 3.26. The van der Waals surface area contributed by atoms with E-state index in [0.717, 1.165) is 32.4 Å². The zero-order valence-electron chi connectivity index (χ0n) is 10.9. The summed E-state index contributed by atoms with van der Waals surface area (Å²) in [4.78, 5) is 19.6. The van der Waals surface area contributed by atoms with Crippen LogP contribution in [0.2, 0.25) is 0 Å². The lowest BCUT2D eigenvalue weighted by molar-refractivity contribution is -0.132. The first-order valence-corrected chi connectivity index (χ1v) is 7.33. The van der Waals surface area contributed by atoms with Crippen LogP contribution in [0.25, 0.3) is 0 Å². The van der Waals surface area contributed by atoms with Crippen LogP contribution >= 0.6 is 11.3 Å². The summed E-state index contributed by atoms with van der Waals surface area (Å²) in [5.74, 6) is 0.816. The minimum atomic E-state index is 0.267. The van der Waals surface area contributed by atoms with Crippen molar-refractivity contribution >= 4 is 17.2 Å². The molecule has 18 heavy (non-hydrogen) atoms. The maximum Gasteiger partial charge on any atom is 0.222 e. The van der Waals surface area contributed by atoms with Crippen molar-refractivity contribution in [3.05, 3.63) is 28.7 Å². The lowest BCUT2D eigenvalue weighted by Gasteiger charge is -2.31. The summed E-state index contributed by atoms with van der Waals surface area (Å²) in [6.45, 7) is 7.50. The molecular weight excluding hydrogens is 244 g/mol. The predicted molar refractivity (Wildman–Crippen MR) is 74.8 cm³/mol. The average Bonchev–Trinajstić information content (AvgIpc) is 2.83. The van der Waals surface area contributed by atoms with E-state index in [1.54, 1.807) is 11.3 Å². The van der Waals surface area contributed by atoms with Gasteiger partial charge in [-0.15, -0.1) is 17.9 Å². The van der Waals surface area contributed by atoms with Gasteiger partial charge in [0.1, 0.15) is 0 Å². The molecule has 2 heterocycles. The number of amides is 1. The summed E-state index contributed by atoms with van der Waals surface area (Å²) in [6.07, 6.45) is 7.24. The first-order chi connectivity index (χ1) is 8.70. The molecule has 0 N–H and O–H groups in total. The van der Waals surface area contributed by atoms with E-state index >= 15 is 0 Å². The van der Waals surface area contributed by atoms with E-state index in [4.69, 9.17) is 0 Å². The summed E-state index contributed by atoms with van der Waals surface area (Å²) in [7, 11) is 0. The molecule has 3 nitrogen and oxygen atoms in total. The van der Waals surface area contributed by atoms with Crippen molar-refractivity contribution in [2.24, 2.45) is 0 Å². The number of hydrogen-bond donors (Lipinski definition) is 0. The highest BCUT2D eigenvalue weighted by atomic mass is 32.1. The first-order valence-electron chi connectivity index (χ1n) is 6.51. The molecule has 0 unspecified atom stereocenters. The van der Waals surface area contributed by atoms with Gasteiger partial charge in [-0.3, -0.25) is 4.79 Å². The molecule has 1 aliphatic heterocycles. The van der Waals surface area contributed by atoms with Crippen LogP contribution in [0.15, 0.2) is 18.9 Å². The van der Waals surface area contributed by atoms with Gasteiger partial charge < -0.3 is 4.90 Å². The number of carbonyl (C=O) groups is 1. The summed E-state index contributed by atoms with van der Waals surface area (Å²) in [5, 5.41) is 1.24. The molecule has 0 aromatic carbocycles. The van der Waals surface area contributed by atoms with Crippen LogP contribution in [0.4, 0.5) is 0 Å².